The second-order valence-corrected chi connectivity index (χ2v) is 7.53. The van der Waals surface area contributed by atoms with Crippen LogP contribution in [0, 0.1) is 0 Å². The van der Waals surface area contributed by atoms with Crippen LogP contribution in [0.25, 0.3) is 21.1 Å². The smallest absolute Gasteiger partial charge is 0.274 e. The van der Waals surface area contributed by atoms with Crippen molar-refractivity contribution in [1.29, 1.82) is 0 Å². The molecule has 0 saturated carbocycles. The number of hydrogen-bond acceptors (Lipinski definition) is 6. The molecule has 0 bridgehead atoms. The molecule has 150 valence electrons. The number of amides is 1. The average Bonchev–Trinajstić information content (AvgIpc) is 3.29. The minimum absolute atomic E-state index is 0.181. The second kappa shape index (κ2) is 7.36. The number of carbonyl (C=O) groups excluding carboxylic acids is 1. The van der Waals surface area contributed by atoms with Crippen LogP contribution in [0.15, 0.2) is 36.5 Å². The summed E-state index contributed by atoms with van der Waals surface area (Å²) in [6, 6.07) is 9.10. The number of fused-ring (bicyclic) bond motifs is 2. The Kier molecular flexibility index (Phi) is 4.87. The second-order valence-electron chi connectivity index (χ2n) is 6.73. The third-order valence-electron chi connectivity index (χ3n) is 4.39. The summed E-state index contributed by atoms with van der Waals surface area (Å²) in [5.74, 6) is -2.87. The molecule has 1 aromatic carbocycles. The molecule has 0 fully saturated rings. The summed E-state index contributed by atoms with van der Waals surface area (Å²) in [7, 11) is 0. The summed E-state index contributed by atoms with van der Waals surface area (Å²) in [4.78, 5) is 18.1. The van der Waals surface area contributed by atoms with E-state index in [-0.39, 0.29) is 12.2 Å². The minimum Gasteiger partial charge on any atom is -0.337 e. The van der Waals surface area contributed by atoms with Gasteiger partial charge in [-0.1, -0.05) is 0 Å². The lowest BCUT2D eigenvalue weighted by molar-refractivity contribution is -0.00997. The third kappa shape index (κ3) is 3.88. The Hall–Kier alpha value is -3.14. The highest BCUT2D eigenvalue weighted by Crippen LogP contribution is 2.29. The number of carbonyl (C=O) groups is 1. The van der Waals surface area contributed by atoms with Gasteiger partial charge in [-0.15, -0.1) is 0 Å². The first-order valence-corrected chi connectivity index (χ1v) is 9.75. The van der Waals surface area contributed by atoms with Gasteiger partial charge >= 0.3 is 0 Å². The predicted molar refractivity (Wildman–Crippen MR) is 109 cm³/mol. The first-order chi connectivity index (χ1) is 13.9. The number of rotatable bonds is 6. The van der Waals surface area contributed by atoms with Crippen LogP contribution in [0.3, 0.4) is 0 Å². The van der Waals surface area contributed by atoms with E-state index in [0.717, 1.165) is 39.3 Å². The highest BCUT2D eigenvalue weighted by molar-refractivity contribution is 7.13. The van der Waals surface area contributed by atoms with Crippen molar-refractivity contribution in [3.8, 4) is 0 Å². The number of halogens is 2. The molecule has 29 heavy (non-hydrogen) atoms. The van der Waals surface area contributed by atoms with Gasteiger partial charge in [0, 0.05) is 30.7 Å². The number of pyridine rings is 1. The van der Waals surface area contributed by atoms with E-state index in [2.05, 4.69) is 24.9 Å². The van der Waals surface area contributed by atoms with E-state index in [4.69, 9.17) is 0 Å². The largest absolute Gasteiger partial charge is 0.337 e. The van der Waals surface area contributed by atoms with Gasteiger partial charge in [-0.25, -0.2) is 8.78 Å². The van der Waals surface area contributed by atoms with Crippen molar-refractivity contribution < 1.29 is 13.6 Å². The highest BCUT2D eigenvalue weighted by atomic mass is 32.1. The van der Waals surface area contributed by atoms with Crippen molar-refractivity contribution in [3.05, 3.63) is 42.2 Å². The van der Waals surface area contributed by atoms with Crippen molar-refractivity contribution >= 4 is 50.1 Å². The average molecular weight is 416 g/mol. The maximum atomic E-state index is 13.4. The topological polar surface area (TPSA) is 86.8 Å². The van der Waals surface area contributed by atoms with E-state index >= 15 is 0 Å². The van der Waals surface area contributed by atoms with Crippen LogP contribution in [0.2, 0.25) is 0 Å². The van der Waals surface area contributed by atoms with Crippen LogP contribution in [-0.4, -0.2) is 49.4 Å². The van der Waals surface area contributed by atoms with Crippen LogP contribution in [0.5, 0.6) is 0 Å². The zero-order valence-corrected chi connectivity index (χ0v) is 16.6. The van der Waals surface area contributed by atoms with Gasteiger partial charge in [0.15, 0.2) is 5.82 Å². The molecule has 0 spiro atoms. The normalized spacial score (nSPS) is 11.9. The number of hydrogen-bond donors (Lipinski definition) is 2. The molecule has 0 saturated heterocycles. The summed E-state index contributed by atoms with van der Waals surface area (Å²) in [5.41, 5.74) is 2.47. The van der Waals surface area contributed by atoms with Gasteiger partial charge in [-0.3, -0.25) is 14.9 Å². The number of H-pyrrole nitrogens is 1. The van der Waals surface area contributed by atoms with Crippen LogP contribution in [0.1, 0.15) is 24.3 Å². The van der Waals surface area contributed by atoms with E-state index in [9.17, 15) is 13.6 Å². The standard InChI is InChI=1S/C19H18F2N6OS/c1-3-27(10-19(2,20)21)18(28)15-12-7-6-11(9-14(12)29-26-15)23-17-16-13(24-25-17)5-4-8-22-16/h4-9H,3,10H2,1-2H3,(H2,23,24,25). The lowest BCUT2D eigenvalue weighted by atomic mass is 10.2. The zero-order valence-electron chi connectivity index (χ0n) is 15.7. The maximum absolute atomic E-state index is 13.4. The molecule has 3 heterocycles. The molecule has 1 amide bonds. The molecule has 0 aliphatic heterocycles. The summed E-state index contributed by atoms with van der Waals surface area (Å²) >= 11 is 1.15. The quantitative estimate of drug-likeness (QED) is 0.486. The number of nitrogens with one attached hydrogen (secondary N) is 2. The molecule has 0 unspecified atom stereocenters. The Balaban J connectivity index is 1.61. The van der Waals surface area contributed by atoms with Crippen molar-refractivity contribution in [2.75, 3.05) is 18.4 Å². The van der Waals surface area contributed by atoms with E-state index in [1.54, 1.807) is 25.3 Å². The fourth-order valence-electron chi connectivity index (χ4n) is 3.06. The fraction of sp³-hybridized carbons (Fsp3) is 0.263. The molecular formula is C19H18F2N6OS. The van der Waals surface area contributed by atoms with Crippen molar-refractivity contribution in [2.24, 2.45) is 0 Å². The minimum atomic E-state index is -2.96. The molecular weight excluding hydrogens is 398 g/mol. The van der Waals surface area contributed by atoms with Gasteiger partial charge < -0.3 is 10.2 Å². The SMILES string of the molecule is CCN(CC(C)(F)F)C(=O)c1nsc2cc(Nc3n[nH]c4cccnc34)ccc12. The molecule has 7 nitrogen and oxygen atoms in total. The van der Waals surface area contributed by atoms with E-state index in [1.807, 2.05) is 18.2 Å². The Morgan fingerprint density at radius 1 is 1.34 bits per heavy atom. The summed E-state index contributed by atoms with van der Waals surface area (Å²) in [6.07, 6.45) is 1.69. The molecule has 0 atom stereocenters. The predicted octanol–water partition coefficient (Wildman–Crippen LogP) is 4.43. The van der Waals surface area contributed by atoms with Gasteiger partial charge in [0.2, 0.25) is 0 Å². The number of benzene rings is 1. The number of aromatic nitrogens is 4. The highest BCUT2D eigenvalue weighted by Gasteiger charge is 2.29. The maximum Gasteiger partial charge on any atom is 0.274 e. The van der Waals surface area contributed by atoms with Crippen molar-refractivity contribution in [3.63, 3.8) is 0 Å². The number of aromatic amines is 1. The first kappa shape index (κ1) is 19.2. The molecule has 4 rings (SSSR count). The zero-order chi connectivity index (χ0) is 20.6. The van der Waals surface area contributed by atoms with Gasteiger partial charge in [-0.05, 0) is 48.8 Å². The molecule has 2 N–H and O–H groups in total. The van der Waals surface area contributed by atoms with Gasteiger partial charge in [0.1, 0.15) is 11.2 Å². The lowest BCUT2D eigenvalue weighted by Crippen LogP contribution is -2.39. The van der Waals surface area contributed by atoms with Crippen LogP contribution >= 0.6 is 11.5 Å². The lowest BCUT2D eigenvalue weighted by Gasteiger charge is -2.23. The summed E-state index contributed by atoms with van der Waals surface area (Å²) in [5, 5.41) is 11.0. The van der Waals surface area contributed by atoms with Gasteiger partial charge in [-0.2, -0.15) is 9.47 Å². The van der Waals surface area contributed by atoms with Crippen LogP contribution < -0.4 is 5.32 Å². The monoisotopic (exact) mass is 416 g/mol. The molecule has 4 aromatic rings. The van der Waals surface area contributed by atoms with Gasteiger partial charge in [0.05, 0.1) is 16.8 Å². The van der Waals surface area contributed by atoms with Crippen molar-refractivity contribution in [2.45, 2.75) is 19.8 Å². The fourth-order valence-corrected chi connectivity index (χ4v) is 3.87. The Morgan fingerprint density at radius 2 is 2.17 bits per heavy atom. The summed E-state index contributed by atoms with van der Waals surface area (Å²) in [6.45, 7) is 2.01. The van der Waals surface area contributed by atoms with Crippen LogP contribution in [0.4, 0.5) is 20.3 Å². The van der Waals surface area contributed by atoms with E-state index in [0.29, 0.717) is 16.7 Å². The van der Waals surface area contributed by atoms with Gasteiger partial charge in [0.25, 0.3) is 11.8 Å². The molecule has 3 aromatic heterocycles. The molecule has 10 heteroatoms. The van der Waals surface area contributed by atoms with E-state index < -0.39 is 18.4 Å². The molecule has 0 aliphatic carbocycles. The number of anilines is 2. The van der Waals surface area contributed by atoms with Crippen molar-refractivity contribution in [1.82, 2.24) is 24.5 Å². The number of nitrogens with zero attached hydrogens (tertiary/aromatic N) is 4. The molecule has 0 aliphatic rings. The Morgan fingerprint density at radius 3 is 2.93 bits per heavy atom. The Labute approximate surface area is 168 Å². The molecule has 0 radical (unpaired) electrons. The first-order valence-electron chi connectivity index (χ1n) is 8.98. The Bertz CT molecular complexity index is 1180. The van der Waals surface area contributed by atoms with Crippen LogP contribution in [-0.2, 0) is 0 Å². The number of alkyl halides is 2. The van der Waals surface area contributed by atoms with E-state index in [1.165, 1.54) is 0 Å². The summed E-state index contributed by atoms with van der Waals surface area (Å²) < 4.78 is 31.8. The third-order valence-corrected chi connectivity index (χ3v) is 5.20.